The van der Waals surface area contributed by atoms with Gasteiger partial charge in [-0.25, -0.2) is 4.79 Å². The summed E-state index contributed by atoms with van der Waals surface area (Å²) >= 11 is 0. The number of aromatic nitrogens is 4. The van der Waals surface area contributed by atoms with Crippen LogP contribution in [-0.4, -0.2) is 44.2 Å². The van der Waals surface area contributed by atoms with Crippen LogP contribution in [0.25, 0.3) is 0 Å². The third-order valence-electron chi connectivity index (χ3n) is 5.22. The highest BCUT2D eigenvalue weighted by Gasteiger charge is 2.34. The summed E-state index contributed by atoms with van der Waals surface area (Å²) in [5, 5.41) is 14.2. The summed E-state index contributed by atoms with van der Waals surface area (Å²) in [6.07, 6.45) is 4.22. The zero-order valence-corrected chi connectivity index (χ0v) is 16.6. The largest absolute Gasteiger partial charge is 0.444 e. The van der Waals surface area contributed by atoms with E-state index in [-0.39, 0.29) is 17.9 Å². The van der Waals surface area contributed by atoms with Crippen molar-refractivity contribution in [2.24, 2.45) is 11.7 Å². The number of nitrogens with two attached hydrogens (primary N) is 1. The maximum Gasteiger partial charge on any atom is 0.405 e. The van der Waals surface area contributed by atoms with Crippen molar-refractivity contribution in [1.82, 2.24) is 20.0 Å². The molecule has 3 heterocycles. The fraction of sp³-hybridized carbons (Fsp3) is 0.579. The molecule has 4 rings (SSSR count). The molecular weight excluding hydrogens is 376 g/mol. The normalized spacial score (nSPS) is 21.9. The van der Waals surface area contributed by atoms with Crippen LogP contribution in [0.3, 0.4) is 0 Å². The number of amides is 2. The highest BCUT2D eigenvalue weighted by Crippen LogP contribution is 2.37. The first-order valence-corrected chi connectivity index (χ1v) is 9.81. The van der Waals surface area contributed by atoms with Gasteiger partial charge in [0.1, 0.15) is 11.3 Å². The molecule has 0 bridgehead atoms. The molecule has 0 spiro atoms. The van der Waals surface area contributed by atoms with E-state index in [9.17, 15) is 9.59 Å². The second kappa shape index (κ2) is 7.51. The van der Waals surface area contributed by atoms with Crippen molar-refractivity contribution < 1.29 is 19.1 Å². The molecule has 0 unspecified atom stereocenters. The Labute approximate surface area is 168 Å². The van der Waals surface area contributed by atoms with Crippen LogP contribution in [0.1, 0.15) is 67.9 Å². The Bertz CT molecular complexity index is 900. The topological polar surface area (TPSA) is 137 Å². The third kappa shape index (κ3) is 4.58. The lowest BCUT2D eigenvalue weighted by atomic mass is 9.91. The average Bonchev–Trinajstić information content (AvgIpc) is 3.03. The monoisotopic (exact) mass is 402 g/mol. The number of nitrogens with one attached hydrogen (secondary N) is 2. The fourth-order valence-electron chi connectivity index (χ4n) is 3.91. The lowest BCUT2D eigenvalue weighted by molar-refractivity contribution is 0.0240. The summed E-state index contributed by atoms with van der Waals surface area (Å²) < 4.78 is 12.8. The molecule has 2 aromatic heterocycles. The van der Waals surface area contributed by atoms with E-state index in [4.69, 9.17) is 15.2 Å². The number of rotatable bonds is 7. The number of primary amides is 1. The maximum atomic E-state index is 12.5. The number of anilines is 1. The van der Waals surface area contributed by atoms with Gasteiger partial charge >= 0.3 is 6.09 Å². The predicted molar refractivity (Wildman–Crippen MR) is 103 cm³/mol. The number of H-pyrrole nitrogens is 1. The van der Waals surface area contributed by atoms with E-state index < -0.39 is 11.7 Å². The van der Waals surface area contributed by atoms with Crippen LogP contribution >= 0.6 is 0 Å². The molecule has 1 saturated heterocycles. The van der Waals surface area contributed by atoms with Crippen molar-refractivity contribution >= 4 is 17.8 Å². The maximum absolute atomic E-state index is 12.5. The quantitative estimate of drug-likeness (QED) is 0.651. The summed E-state index contributed by atoms with van der Waals surface area (Å²) in [5.41, 5.74) is 5.82. The van der Waals surface area contributed by atoms with E-state index >= 15 is 0 Å². The van der Waals surface area contributed by atoms with Crippen molar-refractivity contribution in [3.8, 4) is 0 Å². The van der Waals surface area contributed by atoms with Gasteiger partial charge in [0.05, 0.1) is 24.4 Å². The number of ether oxygens (including phenoxy) is 2. The summed E-state index contributed by atoms with van der Waals surface area (Å²) in [6, 6.07) is 3.82. The molecule has 4 N–H and O–H groups in total. The number of hydrogen-bond acceptors (Lipinski definition) is 6. The molecule has 1 saturated carbocycles. The molecule has 156 valence electrons. The van der Waals surface area contributed by atoms with Crippen molar-refractivity contribution in [1.29, 1.82) is 0 Å². The molecule has 0 aromatic carbocycles. The molecule has 0 radical (unpaired) electrons. The van der Waals surface area contributed by atoms with Gasteiger partial charge < -0.3 is 20.5 Å². The minimum atomic E-state index is -0.776. The van der Waals surface area contributed by atoms with Gasteiger partial charge in [-0.05, 0) is 51.5 Å². The molecule has 2 fully saturated rings. The highest BCUT2D eigenvalue weighted by molar-refractivity contribution is 6.02. The van der Waals surface area contributed by atoms with E-state index in [1.807, 2.05) is 13.8 Å². The van der Waals surface area contributed by atoms with Gasteiger partial charge in [0.15, 0.2) is 5.82 Å². The molecule has 2 amide bonds. The van der Waals surface area contributed by atoms with Gasteiger partial charge in [-0.2, -0.15) is 10.2 Å². The van der Waals surface area contributed by atoms with Gasteiger partial charge in [0, 0.05) is 12.3 Å². The van der Waals surface area contributed by atoms with Crippen molar-refractivity contribution in [2.75, 3.05) is 11.9 Å². The van der Waals surface area contributed by atoms with Gasteiger partial charge in [-0.3, -0.25) is 14.6 Å². The zero-order valence-electron chi connectivity index (χ0n) is 16.6. The van der Waals surface area contributed by atoms with Crippen LogP contribution < -0.4 is 11.1 Å². The SMILES string of the molecule is CC(C)(C[C@@H]1CO[C@@H](c2cc(NC(=O)c3ccnn3C3CC3)n[nH]2)C1)OC(N)=O. The first kappa shape index (κ1) is 19.4. The standard InChI is InChI=1S/C19H26N6O4/c1-19(2,29-18(20)27)9-11-7-15(28-10-11)13-8-16(24-23-13)22-17(26)14-5-6-21-25(14)12-3-4-12/h5-6,8,11-12,15H,3-4,7,9-10H2,1-2H3,(H2,20,27)(H2,22,23,24,26)/t11-,15-/m1/s1. The number of aromatic amines is 1. The Kier molecular flexibility index (Phi) is 5.03. The van der Waals surface area contributed by atoms with Gasteiger partial charge in [-0.15, -0.1) is 0 Å². The Hall–Kier alpha value is -2.88. The van der Waals surface area contributed by atoms with Crippen LogP contribution in [0.4, 0.5) is 10.6 Å². The minimum absolute atomic E-state index is 0.153. The Morgan fingerprint density at radius 1 is 1.45 bits per heavy atom. The Morgan fingerprint density at radius 3 is 2.97 bits per heavy atom. The lowest BCUT2D eigenvalue weighted by Crippen LogP contribution is -2.33. The molecule has 29 heavy (non-hydrogen) atoms. The minimum Gasteiger partial charge on any atom is -0.444 e. The first-order chi connectivity index (χ1) is 13.8. The summed E-state index contributed by atoms with van der Waals surface area (Å²) in [6.45, 7) is 4.22. The second-order valence-electron chi connectivity index (χ2n) is 8.36. The smallest absolute Gasteiger partial charge is 0.405 e. The Balaban J connectivity index is 1.34. The average molecular weight is 402 g/mol. The first-order valence-electron chi connectivity index (χ1n) is 9.81. The van der Waals surface area contributed by atoms with Gasteiger partial charge in [0.2, 0.25) is 0 Å². The van der Waals surface area contributed by atoms with Gasteiger partial charge in [-0.1, -0.05) is 0 Å². The lowest BCUT2D eigenvalue weighted by Gasteiger charge is -2.26. The van der Waals surface area contributed by atoms with Crippen LogP contribution in [0.2, 0.25) is 0 Å². The summed E-state index contributed by atoms with van der Waals surface area (Å²) in [5.74, 6) is 0.435. The number of carbonyl (C=O) groups is 2. The zero-order chi connectivity index (χ0) is 20.6. The number of nitrogens with zero attached hydrogens (tertiary/aromatic N) is 3. The molecule has 10 heteroatoms. The van der Waals surface area contributed by atoms with Crippen molar-refractivity contribution in [3.63, 3.8) is 0 Å². The molecule has 2 aromatic rings. The van der Waals surface area contributed by atoms with Crippen LogP contribution in [0.15, 0.2) is 18.3 Å². The molecule has 10 nitrogen and oxygen atoms in total. The summed E-state index contributed by atoms with van der Waals surface area (Å²) in [7, 11) is 0. The third-order valence-corrected chi connectivity index (χ3v) is 5.22. The second-order valence-corrected chi connectivity index (χ2v) is 8.36. The molecule has 1 aliphatic carbocycles. The number of carbonyl (C=O) groups excluding carboxylic acids is 2. The van der Waals surface area contributed by atoms with E-state index in [1.165, 1.54) is 0 Å². The summed E-state index contributed by atoms with van der Waals surface area (Å²) in [4.78, 5) is 23.6. The van der Waals surface area contributed by atoms with E-state index in [1.54, 1.807) is 23.0 Å². The number of hydrogen-bond donors (Lipinski definition) is 3. The van der Waals surface area contributed by atoms with E-state index in [0.29, 0.717) is 30.6 Å². The van der Waals surface area contributed by atoms with Crippen LogP contribution in [-0.2, 0) is 9.47 Å². The van der Waals surface area contributed by atoms with Crippen LogP contribution in [0.5, 0.6) is 0 Å². The molecule has 2 atom stereocenters. The van der Waals surface area contributed by atoms with E-state index in [0.717, 1.165) is 25.0 Å². The van der Waals surface area contributed by atoms with E-state index in [2.05, 4.69) is 20.6 Å². The Morgan fingerprint density at radius 2 is 2.24 bits per heavy atom. The van der Waals surface area contributed by atoms with Gasteiger partial charge in [0.25, 0.3) is 5.91 Å². The predicted octanol–water partition coefficient (Wildman–Crippen LogP) is 2.54. The van der Waals surface area contributed by atoms with Crippen molar-refractivity contribution in [2.45, 2.75) is 57.3 Å². The van der Waals surface area contributed by atoms with Crippen LogP contribution in [0, 0.1) is 5.92 Å². The molecule has 2 aliphatic rings. The van der Waals surface area contributed by atoms with Crippen molar-refractivity contribution in [3.05, 3.63) is 29.7 Å². The molecular formula is C19H26N6O4. The molecule has 1 aliphatic heterocycles. The highest BCUT2D eigenvalue weighted by atomic mass is 16.6. The fourth-order valence-corrected chi connectivity index (χ4v) is 3.91.